The van der Waals surface area contributed by atoms with E-state index in [1.807, 2.05) is 0 Å². The van der Waals surface area contributed by atoms with Gasteiger partial charge >= 0.3 is 5.97 Å². The van der Waals surface area contributed by atoms with Crippen LogP contribution < -0.4 is 5.32 Å². The van der Waals surface area contributed by atoms with Crippen molar-refractivity contribution in [3.8, 4) is 0 Å². The van der Waals surface area contributed by atoms with E-state index in [0.717, 1.165) is 0 Å². The summed E-state index contributed by atoms with van der Waals surface area (Å²) >= 11 is 0.246. The molecule has 0 saturated carbocycles. The topological polar surface area (TPSA) is 66.4 Å². The van der Waals surface area contributed by atoms with Gasteiger partial charge in [-0.25, -0.2) is 4.79 Å². The molecule has 19 heavy (non-hydrogen) atoms. The van der Waals surface area contributed by atoms with Crippen LogP contribution in [0.15, 0.2) is 29.2 Å². The Balaban J connectivity index is 2.97. The molecular weight excluding hydrogens is 276 g/mol. The van der Waals surface area contributed by atoms with Gasteiger partial charge in [-0.2, -0.15) is 8.78 Å². The molecule has 0 radical (unpaired) electrons. The number of aliphatic carboxylic acids is 1. The van der Waals surface area contributed by atoms with Crippen molar-refractivity contribution in [3.63, 3.8) is 0 Å². The monoisotopic (exact) mass is 289 g/mol. The maximum atomic E-state index is 12.4. The van der Waals surface area contributed by atoms with Crippen molar-refractivity contribution in [2.75, 3.05) is 0 Å². The summed E-state index contributed by atoms with van der Waals surface area (Å²) in [6, 6.07) is 5.82. The average molecular weight is 289 g/mol. The van der Waals surface area contributed by atoms with Gasteiger partial charge in [-0.3, -0.25) is 4.79 Å². The lowest BCUT2D eigenvalue weighted by molar-refractivity contribution is -0.143. The second-order valence-corrected chi connectivity index (χ2v) is 5.29. The van der Waals surface area contributed by atoms with Crippen LogP contribution >= 0.6 is 11.8 Å². The fraction of sp³-hybridized carbons (Fsp3) is 0.333. The van der Waals surface area contributed by atoms with Crippen molar-refractivity contribution in [3.05, 3.63) is 29.8 Å². The van der Waals surface area contributed by atoms with Crippen molar-refractivity contribution >= 4 is 23.6 Å². The second-order valence-electron chi connectivity index (χ2n) is 4.26. The van der Waals surface area contributed by atoms with E-state index in [4.69, 9.17) is 5.11 Å². The van der Waals surface area contributed by atoms with E-state index in [1.54, 1.807) is 0 Å². The Morgan fingerprint density at radius 3 is 2.42 bits per heavy atom. The first-order chi connectivity index (χ1) is 8.74. The molecular formula is C12H13F2NO3S. The number of amides is 1. The number of carbonyl (C=O) groups is 2. The van der Waals surface area contributed by atoms with Crippen LogP contribution in [0.5, 0.6) is 0 Å². The predicted octanol–water partition coefficient (Wildman–Crippen LogP) is 2.59. The third kappa shape index (κ3) is 4.20. The molecule has 0 spiro atoms. The largest absolute Gasteiger partial charge is 0.480 e. The zero-order valence-electron chi connectivity index (χ0n) is 10.3. The molecule has 0 unspecified atom stereocenters. The highest BCUT2D eigenvalue weighted by Crippen LogP contribution is 2.28. The van der Waals surface area contributed by atoms with Crippen molar-refractivity contribution in [1.29, 1.82) is 0 Å². The summed E-state index contributed by atoms with van der Waals surface area (Å²) in [7, 11) is 0. The van der Waals surface area contributed by atoms with E-state index in [2.05, 4.69) is 5.32 Å². The number of hydrogen-bond acceptors (Lipinski definition) is 3. The van der Waals surface area contributed by atoms with Gasteiger partial charge in [0, 0.05) is 4.90 Å². The van der Waals surface area contributed by atoms with Crippen LogP contribution in [0.3, 0.4) is 0 Å². The Kier molecular flexibility index (Phi) is 4.88. The Morgan fingerprint density at radius 2 is 1.89 bits per heavy atom. The van der Waals surface area contributed by atoms with E-state index >= 15 is 0 Å². The van der Waals surface area contributed by atoms with Crippen molar-refractivity contribution in [2.24, 2.45) is 0 Å². The van der Waals surface area contributed by atoms with E-state index in [0.29, 0.717) is 0 Å². The summed E-state index contributed by atoms with van der Waals surface area (Å²) in [4.78, 5) is 23.0. The quantitative estimate of drug-likeness (QED) is 0.818. The number of nitrogens with one attached hydrogen (secondary N) is 1. The van der Waals surface area contributed by atoms with Gasteiger partial charge in [-0.05, 0) is 26.0 Å². The Bertz CT molecular complexity index is 492. The lowest BCUT2D eigenvalue weighted by Gasteiger charge is -2.21. The van der Waals surface area contributed by atoms with E-state index in [1.165, 1.54) is 38.1 Å². The first-order valence-electron chi connectivity index (χ1n) is 5.34. The van der Waals surface area contributed by atoms with Crippen LogP contribution in [-0.2, 0) is 4.79 Å². The van der Waals surface area contributed by atoms with Crippen LogP contribution in [-0.4, -0.2) is 28.3 Å². The van der Waals surface area contributed by atoms with Crippen molar-refractivity contribution in [1.82, 2.24) is 5.32 Å². The number of halogens is 2. The molecule has 1 rings (SSSR count). The lowest BCUT2D eigenvalue weighted by Crippen LogP contribution is -2.49. The van der Waals surface area contributed by atoms with E-state index in [-0.39, 0.29) is 22.2 Å². The molecule has 0 aliphatic rings. The standard InChI is InChI=1S/C12H13F2NO3S/c1-12(2,10(17)18)15-9(16)7-5-3-4-6-8(7)19-11(13)14/h3-6,11H,1-2H3,(H,15,16)(H,17,18). The molecule has 0 fully saturated rings. The number of benzene rings is 1. The SMILES string of the molecule is CC(C)(NC(=O)c1ccccc1SC(F)F)C(=O)O. The number of carboxylic acids is 1. The first kappa shape index (κ1) is 15.4. The molecule has 7 heteroatoms. The normalized spacial score (nSPS) is 11.4. The highest BCUT2D eigenvalue weighted by molar-refractivity contribution is 7.99. The van der Waals surface area contributed by atoms with Gasteiger partial charge in [0.05, 0.1) is 5.56 Å². The molecule has 1 aromatic rings. The van der Waals surface area contributed by atoms with Gasteiger partial charge in [-0.1, -0.05) is 23.9 Å². The molecule has 0 aliphatic heterocycles. The summed E-state index contributed by atoms with van der Waals surface area (Å²) in [5, 5.41) is 11.2. The summed E-state index contributed by atoms with van der Waals surface area (Å²) in [5.74, 6) is -4.56. The number of thioether (sulfide) groups is 1. The molecule has 0 atom stereocenters. The summed E-state index contributed by atoms with van der Waals surface area (Å²) in [5.41, 5.74) is -1.44. The minimum absolute atomic E-state index is 0.0297. The van der Waals surface area contributed by atoms with Crippen LogP contribution in [0, 0.1) is 0 Å². The molecule has 4 nitrogen and oxygen atoms in total. The fourth-order valence-electron chi connectivity index (χ4n) is 1.26. The van der Waals surface area contributed by atoms with E-state index < -0.39 is 23.2 Å². The fourth-order valence-corrected chi connectivity index (χ4v) is 1.89. The smallest absolute Gasteiger partial charge is 0.328 e. The maximum absolute atomic E-state index is 12.4. The molecule has 104 valence electrons. The van der Waals surface area contributed by atoms with Gasteiger partial charge in [0.2, 0.25) is 0 Å². The van der Waals surface area contributed by atoms with Crippen LogP contribution in [0.25, 0.3) is 0 Å². The molecule has 1 amide bonds. The Labute approximate surface area is 113 Å². The predicted molar refractivity (Wildman–Crippen MR) is 67.5 cm³/mol. The third-order valence-electron chi connectivity index (χ3n) is 2.31. The number of hydrogen-bond donors (Lipinski definition) is 2. The van der Waals surface area contributed by atoms with Crippen LogP contribution in [0.4, 0.5) is 8.78 Å². The Morgan fingerprint density at radius 1 is 1.32 bits per heavy atom. The van der Waals surface area contributed by atoms with Gasteiger partial charge in [0.25, 0.3) is 11.7 Å². The third-order valence-corrected chi connectivity index (χ3v) is 3.10. The number of carboxylic acid groups (broad SMARTS) is 1. The van der Waals surface area contributed by atoms with Crippen LogP contribution in [0.2, 0.25) is 0 Å². The molecule has 0 heterocycles. The zero-order chi connectivity index (χ0) is 14.6. The number of carbonyl (C=O) groups excluding carboxylic acids is 1. The molecule has 0 saturated heterocycles. The molecule has 0 aliphatic carbocycles. The first-order valence-corrected chi connectivity index (χ1v) is 6.22. The summed E-state index contributed by atoms with van der Waals surface area (Å²) in [6.45, 7) is 2.63. The molecule has 2 N–H and O–H groups in total. The number of rotatable bonds is 5. The summed E-state index contributed by atoms with van der Waals surface area (Å²) < 4.78 is 24.7. The molecule has 1 aromatic carbocycles. The van der Waals surface area contributed by atoms with Crippen molar-refractivity contribution < 1.29 is 23.5 Å². The van der Waals surface area contributed by atoms with E-state index in [9.17, 15) is 18.4 Å². The van der Waals surface area contributed by atoms with Gasteiger partial charge in [-0.15, -0.1) is 0 Å². The zero-order valence-corrected chi connectivity index (χ0v) is 11.1. The Hall–Kier alpha value is -1.63. The number of alkyl halides is 2. The molecule has 0 bridgehead atoms. The minimum atomic E-state index is -2.65. The lowest BCUT2D eigenvalue weighted by atomic mass is 10.1. The summed E-state index contributed by atoms with van der Waals surface area (Å²) in [6.07, 6.45) is 0. The second kappa shape index (κ2) is 6.01. The molecule has 0 aromatic heterocycles. The minimum Gasteiger partial charge on any atom is -0.480 e. The highest BCUT2D eigenvalue weighted by atomic mass is 32.2. The van der Waals surface area contributed by atoms with Crippen molar-refractivity contribution in [2.45, 2.75) is 30.0 Å². The maximum Gasteiger partial charge on any atom is 0.328 e. The van der Waals surface area contributed by atoms with Gasteiger partial charge < -0.3 is 10.4 Å². The van der Waals surface area contributed by atoms with Crippen LogP contribution in [0.1, 0.15) is 24.2 Å². The van der Waals surface area contributed by atoms with Gasteiger partial charge in [0.15, 0.2) is 0 Å². The highest BCUT2D eigenvalue weighted by Gasteiger charge is 2.30. The average Bonchev–Trinajstić information content (AvgIpc) is 2.27. The van der Waals surface area contributed by atoms with Gasteiger partial charge in [0.1, 0.15) is 5.54 Å².